The molecule has 2 aliphatic rings. The van der Waals surface area contributed by atoms with Crippen molar-refractivity contribution in [2.75, 3.05) is 4.90 Å². The highest BCUT2D eigenvalue weighted by molar-refractivity contribution is 5.90. The number of anilines is 3. The van der Waals surface area contributed by atoms with Crippen LogP contribution in [-0.2, 0) is 0 Å². The van der Waals surface area contributed by atoms with Crippen LogP contribution in [0.5, 0.6) is 0 Å². The van der Waals surface area contributed by atoms with E-state index in [2.05, 4.69) is 140 Å². The van der Waals surface area contributed by atoms with Gasteiger partial charge in [0.05, 0.1) is 17.7 Å². The normalized spacial score (nSPS) is 15.3. The first-order valence-electron chi connectivity index (χ1n) is 14.2. The maximum atomic E-state index is 9.36. The highest BCUT2D eigenvalue weighted by atomic mass is 15.1. The van der Waals surface area contributed by atoms with Crippen LogP contribution in [0.1, 0.15) is 22.3 Å². The van der Waals surface area contributed by atoms with E-state index in [-0.39, 0.29) is 5.92 Å². The van der Waals surface area contributed by atoms with Crippen molar-refractivity contribution in [2.24, 2.45) is 5.92 Å². The Morgan fingerprint density at radius 1 is 0.791 bits per heavy atom. The van der Waals surface area contributed by atoms with Gasteiger partial charge in [-0.2, -0.15) is 10.5 Å². The largest absolute Gasteiger partial charge is 0.310 e. The summed E-state index contributed by atoms with van der Waals surface area (Å²) >= 11 is 0. The van der Waals surface area contributed by atoms with Crippen LogP contribution in [0.2, 0.25) is 0 Å². The summed E-state index contributed by atoms with van der Waals surface area (Å²) in [5, 5.41) is 20.6. The topological polar surface area (TPSA) is 50.8 Å². The van der Waals surface area contributed by atoms with Crippen LogP contribution in [0.25, 0.3) is 22.4 Å². The predicted molar refractivity (Wildman–Crippen MR) is 179 cm³/mol. The summed E-state index contributed by atoms with van der Waals surface area (Å²) < 4.78 is 0. The van der Waals surface area contributed by atoms with E-state index in [0.717, 1.165) is 44.5 Å². The highest BCUT2D eigenvalue weighted by Gasteiger charge is 2.16. The Balaban J connectivity index is 1.43. The molecule has 0 radical (unpaired) electrons. The molecule has 0 aromatic heterocycles. The van der Waals surface area contributed by atoms with Crippen LogP contribution in [-0.4, -0.2) is 0 Å². The second kappa shape index (κ2) is 11.9. The maximum absolute atomic E-state index is 9.36. The summed E-state index contributed by atoms with van der Waals surface area (Å²) in [6, 6.07) is 31.5. The molecular weight excluding hydrogens is 522 g/mol. The average molecular weight is 552 g/mol. The molecule has 3 heteroatoms. The lowest BCUT2D eigenvalue weighted by molar-refractivity contribution is 1.07. The van der Waals surface area contributed by atoms with Crippen molar-refractivity contribution in [3.63, 3.8) is 0 Å². The van der Waals surface area contributed by atoms with Crippen LogP contribution in [0.15, 0.2) is 151 Å². The summed E-state index contributed by atoms with van der Waals surface area (Å²) in [6.45, 7) is 5.85. The standard InChI is InChI=1S/C40H29N3/c1-28(26-41)7-11-34-24-39(17-8-29(34)2)43(40-20-16-36-23-32(27-42)10-13-37(36)25-40)38-18-14-33(15-19-38)35-12-9-30-5-3-4-6-31(21-30)22-35/h3-25,31H,1H2,2H3/b11-7-. The number of nitrogens with zero attached hydrogens (tertiary/aromatic N) is 3. The molecule has 4 aromatic carbocycles. The number of benzene rings is 4. The summed E-state index contributed by atoms with van der Waals surface area (Å²) in [5.41, 5.74) is 9.76. The molecule has 0 saturated heterocycles. The SMILES string of the molecule is C=C(C#N)/C=C\c1cc(N(c2ccc(C3=CC4C=CC=CC(=C4)C=C3)cc2)c2ccc3cc(C#N)ccc3c2)ccc1C. The number of hydrogen-bond acceptors (Lipinski definition) is 3. The fourth-order valence-electron chi connectivity index (χ4n) is 5.41. The number of aryl methyl sites for hydroxylation is 1. The molecule has 0 saturated carbocycles. The lowest BCUT2D eigenvalue weighted by atomic mass is 9.99. The van der Waals surface area contributed by atoms with Crippen LogP contribution < -0.4 is 4.90 Å². The lowest BCUT2D eigenvalue weighted by Crippen LogP contribution is -2.10. The molecule has 3 nitrogen and oxygen atoms in total. The minimum absolute atomic E-state index is 0.251. The third kappa shape index (κ3) is 5.94. The number of rotatable bonds is 6. The second-order valence-corrected chi connectivity index (χ2v) is 10.7. The van der Waals surface area contributed by atoms with Gasteiger partial charge in [-0.25, -0.2) is 0 Å². The molecule has 1 unspecified atom stereocenters. The fourth-order valence-corrected chi connectivity index (χ4v) is 5.41. The molecule has 0 amide bonds. The van der Waals surface area contributed by atoms with Crippen LogP contribution in [0.3, 0.4) is 0 Å². The Morgan fingerprint density at radius 3 is 2.35 bits per heavy atom. The van der Waals surface area contributed by atoms with E-state index in [9.17, 15) is 10.5 Å². The minimum Gasteiger partial charge on any atom is -0.310 e. The Hall–Kier alpha value is -5.90. The Morgan fingerprint density at radius 2 is 1.53 bits per heavy atom. The summed E-state index contributed by atoms with van der Waals surface area (Å²) in [7, 11) is 0. The van der Waals surface area contributed by atoms with Gasteiger partial charge in [-0.05, 0) is 100 Å². The third-order valence-corrected chi connectivity index (χ3v) is 7.74. The van der Waals surface area contributed by atoms with Crippen LogP contribution in [0.4, 0.5) is 17.1 Å². The fraction of sp³-hybridized carbons (Fsp3) is 0.0500. The molecule has 4 aromatic rings. The maximum Gasteiger partial charge on any atom is 0.0991 e. The summed E-state index contributed by atoms with van der Waals surface area (Å²) in [4.78, 5) is 2.24. The van der Waals surface area contributed by atoms with E-state index in [0.29, 0.717) is 11.1 Å². The molecule has 0 spiro atoms. The lowest BCUT2D eigenvalue weighted by Gasteiger charge is -2.27. The molecule has 0 aliphatic heterocycles. The van der Waals surface area contributed by atoms with E-state index in [1.807, 2.05) is 24.3 Å². The van der Waals surface area contributed by atoms with Crippen molar-refractivity contribution in [2.45, 2.75) is 6.92 Å². The van der Waals surface area contributed by atoms with Crippen molar-refractivity contribution >= 4 is 39.5 Å². The van der Waals surface area contributed by atoms with E-state index in [4.69, 9.17) is 0 Å². The predicted octanol–water partition coefficient (Wildman–Crippen LogP) is 10.2. The molecule has 1 atom stereocenters. The second-order valence-electron chi connectivity index (χ2n) is 10.7. The number of fused-ring (bicyclic) bond motifs is 2. The highest BCUT2D eigenvalue weighted by Crippen LogP contribution is 2.38. The molecule has 204 valence electrons. The van der Waals surface area contributed by atoms with Gasteiger partial charge < -0.3 is 4.90 Å². The zero-order valence-electron chi connectivity index (χ0n) is 23.9. The molecular formula is C40H29N3. The Labute approximate surface area is 253 Å². The first kappa shape index (κ1) is 27.3. The van der Waals surface area contributed by atoms with Gasteiger partial charge in [0.2, 0.25) is 0 Å². The van der Waals surface area contributed by atoms with Crippen molar-refractivity contribution in [1.82, 2.24) is 0 Å². The molecule has 0 N–H and O–H groups in total. The van der Waals surface area contributed by atoms with Crippen LogP contribution in [0, 0.1) is 35.5 Å². The monoisotopic (exact) mass is 551 g/mol. The molecule has 2 bridgehead atoms. The molecule has 0 heterocycles. The van der Waals surface area contributed by atoms with Gasteiger partial charge in [0.15, 0.2) is 0 Å². The summed E-state index contributed by atoms with van der Waals surface area (Å²) in [6.07, 6.45) is 21.2. The van der Waals surface area contributed by atoms with Crippen molar-refractivity contribution in [3.8, 4) is 12.1 Å². The Kier molecular flexibility index (Phi) is 7.56. The van der Waals surface area contributed by atoms with E-state index in [1.165, 1.54) is 11.1 Å². The van der Waals surface area contributed by atoms with E-state index >= 15 is 0 Å². The van der Waals surface area contributed by atoms with Gasteiger partial charge in [0, 0.05) is 28.6 Å². The molecule has 0 fully saturated rings. The minimum atomic E-state index is 0.251. The summed E-state index contributed by atoms with van der Waals surface area (Å²) in [5.74, 6) is 0.251. The number of hydrogen-bond donors (Lipinski definition) is 0. The first-order valence-corrected chi connectivity index (χ1v) is 14.2. The zero-order valence-corrected chi connectivity index (χ0v) is 23.9. The van der Waals surface area contributed by atoms with Gasteiger partial charge >= 0.3 is 0 Å². The first-order chi connectivity index (χ1) is 21.0. The van der Waals surface area contributed by atoms with Gasteiger partial charge in [-0.3, -0.25) is 0 Å². The van der Waals surface area contributed by atoms with Gasteiger partial charge in [-0.1, -0.05) is 91.6 Å². The van der Waals surface area contributed by atoms with Gasteiger partial charge in [-0.15, -0.1) is 0 Å². The molecule has 2 aliphatic carbocycles. The molecule has 6 rings (SSSR count). The van der Waals surface area contributed by atoms with Gasteiger partial charge in [0.1, 0.15) is 0 Å². The molecule has 43 heavy (non-hydrogen) atoms. The van der Waals surface area contributed by atoms with Crippen LogP contribution >= 0.6 is 0 Å². The smallest absolute Gasteiger partial charge is 0.0991 e. The average Bonchev–Trinajstić information content (AvgIpc) is 3.40. The third-order valence-electron chi connectivity index (χ3n) is 7.74. The van der Waals surface area contributed by atoms with E-state index < -0.39 is 0 Å². The van der Waals surface area contributed by atoms with Gasteiger partial charge in [0.25, 0.3) is 0 Å². The number of nitriles is 2. The number of allylic oxidation sites excluding steroid dienone is 12. The van der Waals surface area contributed by atoms with E-state index in [1.54, 1.807) is 6.08 Å². The zero-order chi connectivity index (χ0) is 29.8. The van der Waals surface area contributed by atoms with Crippen molar-refractivity contribution < 1.29 is 0 Å². The van der Waals surface area contributed by atoms with Crippen molar-refractivity contribution in [3.05, 3.63) is 174 Å². The quantitative estimate of drug-likeness (QED) is 0.177. The Bertz CT molecular complexity index is 2020. The van der Waals surface area contributed by atoms with Crippen molar-refractivity contribution in [1.29, 1.82) is 10.5 Å².